The Bertz CT molecular complexity index is 623. The minimum Gasteiger partial charge on any atom is -0.302 e. The molecule has 0 fully saturated rings. The third-order valence-corrected chi connectivity index (χ3v) is 4.88. The molecule has 0 saturated carbocycles. The van der Waals surface area contributed by atoms with E-state index in [1.807, 2.05) is 10.8 Å². The molecule has 21 heavy (non-hydrogen) atoms. The molecule has 4 nitrogen and oxygen atoms in total. The first kappa shape index (κ1) is 16.1. The lowest BCUT2D eigenvalue weighted by Crippen LogP contribution is -2.16. The number of nitrogens with one attached hydrogen (secondary N) is 1. The van der Waals surface area contributed by atoms with Gasteiger partial charge in [-0.1, -0.05) is 34.6 Å². The van der Waals surface area contributed by atoms with Crippen LogP contribution < -0.4 is 5.32 Å². The molecule has 114 valence electrons. The molecule has 0 aliphatic rings. The van der Waals surface area contributed by atoms with Crippen molar-refractivity contribution in [3.05, 3.63) is 27.2 Å². The molecule has 2 rings (SSSR count). The van der Waals surface area contributed by atoms with Crippen LogP contribution in [0.3, 0.4) is 0 Å². The second kappa shape index (κ2) is 6.23. The van der Waals surface area contributed by atoms with Gasteiger partial charge in [-0.25, -0.2) is 9.97 Å². The number of carbonyl (C=O) groups is 1. The second-order valence-electron chi connectivity index (χ2n) is 6.34. The molecule has 0 spiro atoms. The van der Waals surface area contributed by atoms with Crippen molar-refractivity contribution in [3.8, 4) is 0 Å². The molecule has 0 radical (unpaired) electrons. The number of rotatable bonds is 4. The van der Waals surface area contributed by atoms with E-state index in [2.05, 4.69) is 49.9 Å². The third-order valence-electron chi connectivity index (χ3n) is 2.92. The quantitative estimate of drug-likeness (QED) is 0.917. The maximum atomic E-state index is 12.0. The number of hydrogen-bond donors (Lipinski definition) is 1. The van der Waals surface area contributed by atoms with E-state index in [9.17, 15) is 4.79 Å². The summed E-state index contributed by atoms with van der Waals surface area (Å²) >= 11 is 3.07. The van der Waals surface area contributed by atoms with Crippen LogP contribution in [0.4, 0.5) is 5.13 Å². The molecule has 0 unspecified atom stereocenters. The van der Waals surface area contributed by atoms with E-state index in [-0.39, 0.29) is 11.3 Å². The van der Waals surface area contributed by atoms with Gasteiger partial charge in [0.15, 0.2) is 5.13 Å². The highest BCUT2D eigenvalue weighted by Gasteiger charge is 2.18. The number of hydrogen-bond acceptors (Lipinski definition) is 5. The molecule has 1 amide bonds. The van der Waals surface area contributed by atoms with Crippen molar-refractivity contribution in [3.63, 3.8) is 0 Å². The van der Waals surface area contributed by atoms with Gasteiger partial charge in [0.25, 0.3) is 0 Å². The molecule has 0 atom stereocenters. The summed E-state index contributed by atoms with van der Waals surface area (Å²) < 4.78 is 0. The lowest BCUT2D eigenvalue weighted by atomic mass is 9.93. The van der Waals surface area contributed by atoms with E-state index in [1.165, 1.54) is 11.3 Å². The summed E-state index contributed by atoms with van der Waals surface area (Å²) in [6.07, 6.45) is 0.299. The monoisotopic (exact) mass is 323 g/mol. The smallest absolute Gasteiger partial charge is 0.232 e. The van der Waals surface area contributed by atoms with Crippen LogP contribution in [0.1, 0.15) is 56.9 Å². The maximum absolute atomic E-state index is 12.0. The average molecular weight is 323 g/mol. The number of anilines is 1. The summed E-state index contributed by atoms with van der Waals surface area (Å²) in [6, 6.07) is 0. The zero-order chi connectivity index (χ0) is 15.6. The van der Waals surface area contributed by atoms with Crippen LogP contribution in [0.5, 0.6) is 0 Å². The highest BCUT2D eigenvalue weighted by Crippen LogP contribution is 2.26. The Hall–Kier alpha value is -1.27. The molecule has 2 aromatic rings. The molecule has 2 heterocycles. The van der Waals surface area contributed by atoms with Crippen LogP contribution in [0.15, 0.2) is 10.8 Å². The first-order valence-corrected chi connectivity index (χ1v) is 8.72. The Morgan fingerprint density at radius 1 is 1.24 bits per heavy atom. The van der Waals surface area contributed by atoms with E-state index in [4.69, 9.17) is 0 Å². The Morgan fingerprint density at radius 2 is 1.95 bits per heavy atom. The van der Waals surface area contributed by atoms with E-state index in [0.717, 1.165) is 16.4 Å². The first-order chi connectivity index (χ1) is 9.75. The Kier molecular flexibility index (Phi) is 4.78. The van der Waals surface area contributed by atoms with Crippen molar-refractivity contribution in [1.29, 1.82) is 0 Å². The molecule has 1 N–H and O–H groups in total. The lowest BCUT2D eigenvalue weighted by molar-refractivity contribution is -0.115. The minimum absolute atomic E-state index is 0.000553. The van der Waals surface area contributed by atoms with Gasteiger partial charge in [0.1, 0.15) is 0 Å². The van der Waals surface area contributed by atoms with Gasteiger partial charge < -0.3 is 5.32 Å². The van der Waals surface area contributed by atoms with Crippen molar-refractivity contribution in [2.45, 2.75) is 52.4 Å². The molecule has 6 heteroatoms. The Morgan fingerprint density at radius 3 is 2.48 bits per heavy atom. The first-order valence-electron chi connectivity index (χ1n) is 6.96. The van der Waals surface area contributed by atoms with E-state index in [1.54, 1.807) is 11.3 Å². The van der Waals surface area contributed by atoms with Gasteiger partial charge in [-0.3, -0.25) is 4.79 Å². The third kappa shape index (κ3) is 4.35. The molecule has 0 aliphatic carbocycles. The summed E-state index contributed by atoms with van der Waals surface area (Å²) in [7, 11) is 0. The number of nitrogens with zero attached hydrogens (tertiary/aromatic N) is 2. The van der Waals surface area contributed by atoms with Crippen molar-refractivity contribution < 1.29 is 4.79 Å². The zero-order valence-electron chi connectivity index (χ0n) is 13.1. The molecular weight excluding hydrogens is 302 g/mol. The number of thiazole rings is 2. The van der Waals surface area contributed by atoms with Crippen LogP contribution in [0, 0.1) is 0 Å². The van der Waals surface area contributed by atoms with Gasteiger partial charge in [0, 0.05) is 22.1 Å². The Balaban J connectivity index is 1.96. The van der Waals surface area contributed by atoms with Crippen LogP contribution >= 0.6 is 22.7 Å². The summed E-state index contributed by atoms with van der Waals surface area (Å²) in [5, 5.41) is 8.53. The molecule has 0 aliphatic heterocycles. The molecule has 0 saturated heterocycles. The van der Waals surface area contributed by atoms with Crippen LogP contribution in [0.2, 0.25) is 0 Å². The molecule has 0 aromatic carbocycles. The largest absolute Gasteiger partial charge is 0.302 e. The molecule has 2 aromatic heterocycles. The second-order valence-corrected chi connectivity index (χ2v) is 8.09. The highest BCUT2D eigenvalue weighted by atomic mass is 32.1. The van der Waals surface area contributed by atoms with E-state index < -0.39 is 0 Å². The normalized spacial score (nSPS) is 11.9. The zero-order valence-corrected chi connectivity index (χ0v) is 14.7. The van der Waals surface area contributed by atoms with Gasteiger partial charge in [-0.2, -0.15) is 0 Å². The van der Waals surface area contributed by atoms with Gasteiger partial charge in [0.2, 0.25) is 5.91 Å². The van der Waals surface area contributed by atoms with Gasteiger partial charge in [-0.05, 0) is 0 Å². The fraction of sp³-hybridized carbons (Fsp3) is 0.533. The Labute approximate surface area is 133 Å². The van der Waals surface area contributed by atoms with E-state index >= 15 is 0 Å². The summed E-state index contributed by atoms with van der Waals surface area (Å²) in [5.41, 5.74) is 1.83. The van der Waals surface area contributed by atoms with Crippen molar-refractivity contribution >= 4 is 33.7 Å². The molecule has 0 bridgehead atoms. The maximum Gasteiger partial charge on any atom is 0.232 e. The van der Waals surface area contributed by atoms with Gasteiger partial charge in [0.05, 0.1) is 22.8 Å². The van der Waals surface area contributed by atoms with Gasteiger partial charge >= 0.3 is 0 Å². The predicted octanol–water partition coefficient (Wildman–Crippen LogP) is 4.20. The van der Waals surface area contributed by atoms with Crippen LogP contribution in [-0.4, -0.2) is 15.9 Å². The number of aromatic nitrogens is 2. The number of carbonyl (C=O) groups excluding carboxylic acids is 1. The van der Waals surface area contributed by atoms with Crippen molar-refractivity contribution in [2.24, 2.45) is 0 Å². The number of amides is 1. The minimum atomic E-state index is -0.0644. The van der Waals surface area contributed by atoms with E-state index in [0.29, 0.717) is 17.5 Å². The van der Waals surface area contributed by atoms with Crippen molar-refractivity contribution in [2.75, 3.05) is 5.32 Å². The summed E-state index contributed by atoms with van der Waals surface area (Å²) in [4.78, 5) is 21.0. The average Bonchev–Trinajstić information content (AvgIpc) is 2.97. The summed E-state index contributed by atoms with van der Waals surface area (Å²) in [5.74, 6) is 0.338. The van der Waals surface area contributed by atoms with Gasteiger partial charge in [-0.15, -0.1) is 22.7 Å². The highest BCUT2D eigenvalue weighted by molar-refractivity contribution is 7.14. The topological polar surface area (TPSA) is 54.9 Å². The lowest BCUT2D eigenvalue weighted by Gasteiger charge is -2.14. The summed E-state index contributed by atoms with van der Waals surface area (Å²) in [6.45, 7) is 10.5. The molecular formula is C15H21N3OS2. The fourth-order valence-corrected chi connectivity index (χ4v) is 3.46. The predicted molar refractivity (Wildman–Crippen MR) is 89.4 cm³/mol. The standard InChI is InChI=1S/C15H21N3OS2/c1-9(2)13-16-10(7-20-13)6-12(19)18-14-17-11(8-21-14)15(3,4)5/h7-9H,6H2,1-5H3,(H,17,18,19). The van der Waals surface area contributed by atoms with Crippen molar-refractivity contribution in [1.82, 2.24) is 9.97 Å². The van der Waals surface area contributed by atoms with Crippen LogP contribution in [0.25, 0.3) is 0 Å². The van der Waals surface area contributed by atoms with Crippen LogP contribution in [-0.2, 0) is 16.6 Å². The SMILES string of the molecule is CC(C)c1nc(CC(=O)Nc2nc(C(C)(C)C)cs2)cs1. The fourth-order valence-electron chi connectivity index (χ4n) is 1.67.